The van der Waals surface area contributed by atoms with Gasteiger partial charge < -0.3 is 9.84 Å². The molecule has 11 heavy (non-hydrogen) atoms. The number of nitriles is 1. The minimum atomic E-state index is -1.02. The zero-order valence-electron chi connectivity index (χ0n) is 7.29. The Hall–Kier alpha value is -0.590. The maximum Gasteiger partial charge on any atom is 0.101 e. The summed E-state index contributed by atoms with van der Waals surface area (Å²) in [7, 11) is 1.51. The normalized spacial score (nSPS) is 18.5. The van der Waals surface area contributed by atoms with Crippen LogP contribution in [0.3, 0.4) is 0 Å². The van der Waals surface area contributed by atoms with E-state index in [1.807, 2.05) is 13.0 Å². The second kappa shape index (κ2) is 4.32. The number of rotatable bonds is 4. The third kappa shape index (κ3) is 2.87. The third-order valence-electron chi connectivity index (χ3n) is 1.75. The quantitative estimate of drug-likeness (QED) is 0.660. The van der Waals surface area contributed by atoms with Crippen LogP contribution in [-0.2, 0) is 4.74 Å². The average molecular weight is 157 g/mol. The molecular weight excluding hydrogens is 142 g/mol. The summed E-state index contributed by atoms with van der Waals surface area (Å²) in [5.41, 5.74) is -1.02. The van der Waals surface area contributed by atoms with Crippen LogP contribution in [-0.4, -0.2) is 24.4 Å². The zero-order chi connectivity index (χ0) is 8.91. The van der Waals surface area contributed by atoms with Crippen molar-refractivity contribution in [1.82, 2.24) is 0 Å². The van der Waals surface area contributed by atoms with Crippen LogP contribution in [0, 0.1) is 17.2 Å². The van der Waals surface area contributed by atoms with Crippen molar-refractivity contribution in [2.75, 3.05) is 13.7 Å². The Kier molecular flexibility index (Phi) is 4.09. The lowest BCUT2D eigenvalue weighted by Gasteiger charge is -2.26. The number of nitrogens with zero attached hydrogens (tertiary/aromatic N) is 1. The first kappa shape index (κ1) is 10.4. The van der Waals surface area contributed by atoms with Crippen LogP contribution < -0.4 is 0 Å². The molecule has 0 heterocycles. The predicted molar refractivity (Wildman–Crippen MR) is 41.9 cm³/mol. The molecule has 2 atom stereocenters. The van der Waals surface area contributed by atoms with Crippen molar-refractivity contribution >= 4 is 0 Å². The van der Waals surface area contributed by atoms with Gasteiger partial charge in [0.1, 0.15) is 5.60 Å². The molecule has 0 fully saturated rings. The van der Waals surface area contributed by atoms with E-state index in [0.717, 1.165) is 0 Å². The Morgan fingerprint density at radius 1 is 1.73 bits per heavy atom. The molecule has 3 nitrogen and oxygen atoms in total. The van der Waals surface area contributed by atoms with Crippen LogP contribution in [0.1, 0.15) is 20.3 Å². The summed E-state index contributed by atoms with van der Waals surface area (Å²) in [5, 5.41) is 18.2. The number of methoxy groups -OCH3 is 1. The van der Waals surface area contributed by atoms with Gasteiger partial charge in [-0.15, -0.1) is 0 Å². The summed E-state index contributed by atoms with van der Waals surface area (Å²) in [6.07, 6.45) is 0.646. The van der Waals surface area contributed by atoms with Crippen LogP contribution in [0.15, 0.2) is 0 Å². The topological polar surface area (TPSA) is 53.2 Å². The molecule has 0 radical (unpaired) electrons. The molecule has 0 saturated carbocycles. The predicted octanol–water partition coefficient (Wildman–Crippen LogP) is 0.934. The van der Waals surface area contributed by atoms with E-state index in [4.69, 9.17) is 10.00 Å². The highest BCUT2D eigenvalue weighted by Crippen LogP contribution is 2.19. The zero-order valence-corrected chi connectivity index (χ0v) is 7.29. The van der Waals surface area contributed by atoms with Crippen molar-refractivity contribution in [3.63, 3.8) is 0 Å². The van der Waals surface area contributed by atoms with Gasteiger partial charge in [-0.3, -0.25) is 0 Å². The average Bonchev–Trinajstić information content (AvgIpc) is 1.89. The maximum atomic E-state index is 9.63. The van der Waals surface area contributed by atoms with Gasteiger partial charge in [-0.1, -0.05) is 6.92 Å². The van der Waals surface area contributed by atoms with Gasteiger partial charge in [0, 0.05) is 7.11 Å². The van der Waals surface area contributed by atoms with Gasteiger partial charge in [-0.25, -0.2) is 0 Å². The van der Waals surface area contributed by atoms with Gasteiger partial charge in [0.05, 0.1) is 18.6 Å². The Morgan fingerprint density at radius 3 is 2.55 bits per heavy atom. The molecule has 0 aliphatic rings. The van der Waals surface area contributed by atoms with Gasteiger partial charge in [0.2, 0.25) is 0 Å². The molecule has 0 aliphatic heterocycles. The van der Waals surface area contributed by atoms with Crippen molar-refractivity contribution < 1.29 is 9.84 Å². The Bertz CT molecular complexity index is 149. The standard InChI is InChI=1S/C8H15NO2/c1-4-7(5-9)8(2,10)6-11-3/h7,10H,4,6H2,1-3H3. The van der Waals surface area contributed by atoms with Gasteiger partial charge in [0.15, 0.2) is 0 Å². The maximum absolute atomic E-state index is 9.63. The molecule has 0 aromatic heterocycles. The molecule has 64 valence electrons. The lowest BCUT2D eigenvalue weighted by Crippen LogP contribution is -2.38. The molecule has 1 N–H and O–H groups in total. The summed E-state index contributed by atoms with van der Waals surface area (Å²) in [5.74, 6) is -0.345. The van der Waals surface area contributed by atoms with E-state index in [0.29, 0.717) is 6.42 Å². The molecule has 0 aromatic rings. The molecule has 0 rings (SSSR count). The molecule has 2 unspecified atom stereocenters. The lowest BCUT2D eigenvalue weighted by atomic mass is 9.89. The first-order chi connectivity index (χ1) is 5.08. The summed E-state index contributed by atoms with van der Waals surface area (Å²) in [6.45, 7) is 3.70. The van der Waals surface area contributed by atoms with Crippen LogP contribution >= 0.6 is 0 Å². The first-order valence-corrected chi connectivity index (χ1v) is 3.69. The fraction of sp³-hybridized carbons (Fsp3) is 0.875. The summed E-state index contributed by atoms with van der Waals surface area (Å²) in [6, 6.07) is 2.05. The van der Waals surface area contributed by atoms with Gasteiger partial charge in [-0.05, 0) is 13.3 Å². The molecule has 0 aromatic carbocycles. The van der Waals surface area contributed by atoms with E-state index in [1.54, 1.807) is 6.92 Å². The fourth-order valence-corrected chi connectivity index (χ4v) is 1.06. The first-order valence-electron chi connectivity index (χ1n) is 3.69. The molecule has 0 saturated heterocycles. The number of ether oxygens (including phenoxy) is 1. The lowest BCUT2D eigenvalue weighted by molar-refractivity contribution is -0.0451. The highest BCUT2D eigenvalue weighted by Gasteiger charge is 2.30. The molecule has 0 amide bonds. The summed E-state index contributed by atoms with van der Waals surface area (Å²) < 4.78 is 4.79. The summed E-state index contributed by atoms with van der Waals surface area (Å²) >= 11 is 0. The molecule has 0 bridgehead atoms. The van der Waals surface area contributed by atoms with Crippen molar-refractivity contribution in [1.29, 1.82) is 5.26 Å². The van der Waals surface area contributed by atoms with Crippen LogP contribution in [0.2, 0.25) is 0 Å². The van der Waals surface area contributed by atoms with Crippen molar-refractivity contribution in [3.8, 4) is 6.07 Å². The number of hydrogen-bond donors (Lipinski definition) is 1. The minimum Gasteiger partial charge on any atom is -0.386 e. The van der Waals surface area contributed by atoms with E-state index < -0.39 is 5.60 Å². The molecule has 3 heteroatoms. The highest BCUT2D eigenvalue weighted by molar-refractivity contribution is 4.95. The highest BCUT2D eigenvalue weighted by atomic mass is 16.5. The van der Waals surface area contributed by atoms with E-state index in [1.165, 1.54) is 7.11 Å². The van der Waals surface area contributed by atoms with Gasteiger partial charge in [-0.2, -0.15) is 5.26 Å². The summed E-state index contributed by atoms with van der Waals surface area (Å²) in [4.78, 5) is 0. The van der Waals surface area contributed by atoms with Gasteiger partial charge >= 0.3 is 0 Å². The van der Waals surface area contributed by atoms with E-state index >= 15 is 0 Å². The smallest absolute Gasteiger partial charge is 0.101 e. The second-order valence-corrected chi connectivity index (χ2v) is 2.88. The Balaban J connectivity index is 4.15. The number of hydrogen-bond acceptors (Lipinski definition) is 3. The monoisotopic (exact) mass is 157 g/mol. The largest absolute Gasteiger partial charge is 0.386 e. The molecule has 0 spiro atoms. The van der Waals surface area contributed by atoms with Gasteiger partial charge in [0.25, 0.3) is 0 Å². The second-order valence-electron chi connectivity index (χ2n) is 2.88. The van der Waals surface area contributed by atoms with Crippen molar-refractivity contribution in [2.45, 2.75) is 25.9 Å². The van der Waals surface area contributed by atoms with E-state index in [-0.39, 0.29) is 12.5 Å². The minimum absolute atomic E-state index is 0.207. The van der Waals surface area contributed by atoms with Crippen molar-refractivity contribution in [3.05, 3.63) is 0 Å². The van der Waals surface area contributed by atoms with E-state index in [2.05, 4.69) is 0 Å². The molecular formula is C8H15NO2. The third-order valence-corrected chi connectivity index (χ3v) is 1.75. The molecule has 0 aliphatic carbocycles. The Labute approximate surface area is 67.6 Å². The Morgan fingerprint density at radius 2 is 2.27 bits per heavy atom. The SMILES string of the molecule is CCC(C#N)C(C)(O)COC. The fourth-order valence-electron chi connectivity index (χ4n) is 1.06. The van der Waals surface area contributed by atoms with Crippen LogP contribution in [0.25, 0.3) is 0 Å². The van der Waals surface area contributed by atoms with Crippen LogP contribution in [0.4, 0.5) is 0 Å². The van der Waals surface area contributed by atoms with E-state index in [9.17, 15) is 5.11 Å². The number of aliphatic hydroxyl groups is 1. The van der Waals surface area contributed by atoms with Crippen LogP contribution in [0.5, 0.6) is 0 Å². The van der Waals surface area contributed by atoms with Crippen molar-refractivity contribution in [2.24, 2.45) is 5.92 Å².